The summed E-state index contributed by atoms with van der Waals surface area (Å²) in [5.74, 6) is -1.73. The van der Waals surface area contributed by atoms with E-state index in [-0.39, 0.29) is 30.8 Å². The van der Waals surface area contributed by atoms with Gasteiger partial charge in [0.15, 0.2) is 5.78 Å². The molecule has 0 aliphatic carbocycles. The molecule has 0 aliphatic heterocycles. The Balaban J connectivity index is 1.88. The largest absolute Gasteiger partial charge is 0.508 e. The molecule has 0 aromatic heterocycles. The number of amides is 1. The van der Waals surface area contributed by atoms with Gasteiger partial charge >= 0.3 is 5.97 Å². The molecule has 2 aromatic carbocycles. The van der Waals surface area contributed by atoms with Gasteiger partial charge in [0.2, 0.25) is 5.91 Å². The Morgan fingerprint density at radius 1 is 0.920 bits per heavy atom. The fraction of sp³-hybridized carbons (Fsp3) is 0.211. The Morgan fingerprint density at radius 2 is 1.56 bits per heavy atom. The molecule has 0 heterocycles. The zero-order valence-corrected chi connectivity index (χ0v) is 13.5. The van der Waals surface area contributed by atoms with Gasteiger partial charge in [-0.1, -0.05) is 42.5 Å². The molecule has 0 aliphatic rings. The molecule has 130 valence electrons. The number of rotatable bonds is 8. The molecule has 0 bridgehead atoms. The summed E-state index contributed by atoms with van der Waals surface area (Å²) < 4.78 is 0. The molecule has 25 heavy (non-hydrogen) atoms. The van der Waals surface area contributed by atoms with Crippen LogP contribution >= 0.6 is 0 Å². The van der Waals surface area contributed by atoms with Gasteiger partial charge in [-0.3, -0.25) is 9.59 Å². The van der Waals surface area contributed by atoms with E-state index in [4.69, 9.17) is 0 Å². The molecule has 1 unspecified atom stereocenters. The van der Waals surface area contributed by atoms with Crippen LogP contribution in [0.4, 0.5) is 0 Å². The Labute approximate surface area is 145 Å². The fourth-order valence-corrected chi connectivity index (χ4v) is 2.33. The quantitative estimate of drug-likeness (QED) is 0.638. The van der Waals surface area contributed by atoms with Crippen LogP contribution in [0, 0.1) is 0 Å². The summed E-state index contributed by atoms with van der Waals surface area (Å²) in [4.78, 5) is 35.3. The molecule has 1 amide bonds. The van der Waals surface area contributed by atoms with Gasteiger partial charge in [-0.25, -0.2) is 4.79 Å². The van der Waals surface area contributed by atoms with E-state index < -0.39 is 17.9 Å². The molecule has 0 saturated heterocycles. The van der Waals surface area contributed by atoms with Crippen LogP contribution in [0.5, 0.6) is 5.75 Å². The number of benzene rings is 2. The summed E-state index contributed by atoms with van der Waals surface area (Å²) in [6.07, 6.45) is 0.0302. The first-order valence-corrected chi connectivity index (χ1v) is 7.84. The van der Waals surface area contributed by atoms with E-state index in [1.54, 1.807) is 42.5 Å². The minimum Gasteiger partial charge on any atom is -0.508 e. The average Bonchev–Trinajstić information content (AvgIpc) is 2.61. The minimum absolute atomic E-state index is 0.0153. The summed E-state index contributed by atoms with van der Waals surface area (Å²) >= 11 is 0. The van der Waals surface area contributed by atoms with Gasteiger partial charge in [0, 0.05) is 24.8 Å². The second-order valence-corrected chi connectivity index (χ2v) is 5.62. The third kappa shape index (κ3) is 5.76. The Hall–Kier alpha value is -3.15. The van der Waals surface area contributed by atoms with Crippen molar-refractivity contribution in [2.75, 3.05) is 0 Å². The monoisotopic (exact) mass is 341 g/mol. The summed E-state index contributed by atoms with van der Waals surface area (Å²) in [6.45, 7) is 0. The van der Waals surface area contributed by atoms with Crippen LogP contribution in [0.1, 0.15) is 28.8 Å². The number of nitrogens with one attached hydrogen (secondary N) is 1. The van der Waals surface area contributed by atoms with Crippen molar-refractivity contribution in [3.8, 4) is 5.75 Å². The molecule has 3 N–H and O–H groups in total. The van der Waals surface area contributed by atoms with Gasteiger partial charge in [-0.15, -0.1) is 0 Å². The number of aromatic hydroxyl groups is 1. The number of carbonyl (C=O) groups excluding carboxylic acids is 2. The van der Waals surface area contributed by atoms with Crippen LogP contribution in [0.2, 0.25) is 0 Å². The van der Waals surface area contributed by atoms with E-state index in [0.717, 1.165) is 0 Å². The Bertz CT molecular complexity index is 740. The number of carboxylic acid groups (broad SMARTS) is 1. The van der Waals surface area contributed by atoms with Crippen LogP contribution < -0.4 is 5.32 Å². The van der Waals surface area contributed by atoms with Crippen LogP contribution in [0.3, 0.4) is 0 Å². The highest BCUT2D eigenvalue weighted by Crippen LogP contribution is 2.12. The van der Waals surface area contributed by atoms with Gasteiger partial charge in [-0.05, 0) is 17.7 Å². The van der Waals surface area contributed by atoms with Crippen molar-refractivity contribution < 1.29 is 24.6 Å². The number of phenols is 1. The number of hydrogen-bond acceptors (Lipinski definition) is 4. The summed E-state index contributed by atoms with van der Waals surface area (Å²) in [5, 5.41) is 20.9. The van der Waals surface area contributed by atoms with Crippen molar-refractivity contribution in [2.45, 2.75) is 25.3 Å². The molecule has 6 nitrogen and oxygen atoms in total. The van der Waals surface area contributed by atoms with Crippen molar-refractivity contribution in [1.82, 2.24) is 5.32 Å². The molecule has 1 atom stereocenters. The number of carboxylic acids is 1. The van der Waals surface area contributed by atoms with Gasteiger partial charge in [0.25, 0.3) is 0 Å². The smallest absolute Gasteiger partial charge is 0.326 e. The van der Waals surface area contributed by atoms with Crippen molar-refractivity contribution >= 4 is 17.7 Å². The highest BCUT2D eigenvalue weighted by atomic mass is 16.4. The van der Waals surface area contributed by atoms with E-state index in [1.165, 1.54) is 12.1 Å². The molecule has 0 spiro atoms. The number of phenolic OH excluding ortho intramolecular Hbond substituents is 1. The van der Waals surface area contributed by atoms with E-state index in [9.17, 15) is 24.6 Å². The van der Waals surface area contributed by atoms with Crippen LogP contribution in [0.25, 0.3) is 0 Å². The molecule has 2 aromatic rings. The number of hydrogen-bond donors (Lipinski definition) is 3. The molecule has 2 rings (SSSR count). The standard InChI is InChI=1S/C19H19NO5/c21-15-8-6-13(7-9-15)12-16(19(24)25)20-18(23)11-10-17(22)14-4-2-1-3-5-14/h1-9,16,21H,10-12H2,(H,20,23)(H,24,25). The van der Waals surface area contributed by atoms with Crippen LogP contribution in [-0.4, -0.2) is 33.9 Å². The van der Waals surface area contributed by atoms with E-state index in [0.29, 0.717) is 11.1 Å². The second-order valence-electron chi connectivity index (χ2n) is 5.62. The van der Waals surface area contributed by atoms with Gasteiger partial charge in [0.1, 0.15) is 11.8 Å². The Kier molecular flexibility index (Phi) is 6.28. The van der Waals surface area contributed by atoms with Crippen molar-refractivity contribution in [1.29, 1.82) is 0 Å². The Morgan fingerprint density at radius 3 is 2.16 bits per heavy atom. The van der Waals surface area contributed by atoms with Crippen molar-refractivity contribution in [2.24, 2.45) is 0 Å². The van der Waals surface area contributed by atoms with E-state index >= 15 is 0 Å². The lowest BCUT2D eigenvalue weighted by Crippen LogP contribution is -2.42. The van der Waals surface area contributed by atoms with E-state index in [1.807, 2.05) is 0 Å². The second kappa shape index (κ2) is 8.63. The normalized spacial score (nSPS) is 11.5. The summed E-state index contributed by atoms with van der Waals surface area (Å²) in [6, 6.07) is 13.6. The van der Waals surface area contributed by atoms with Gasteiger partial charge < -0.3 is 15.5 Å². The van der Waals surface area contributed by atoms with Crippen molar-refractivity contribution in [3.63, 3.8) is 0 Å². The number of ketones is 1. The zero-order chi connectivity index (χ0) is 18.2. The van der Waals surface area contributed by atoms with E-state index in [2.05, 4.69) is 5.32 Å². The maximum atomic E-state index is 12.0. The molecule has 0 saturated carbocycles. The first-order chi connectivity index (χ1) is 12.0. The molecule has 0 radical (unpaired) electrons. The predicted octanol–water partition coefficient (Wildman–Crippen LogP) is 2.17. The maximum absolute atomic E-state index is 12.0. The van der Waals surface area contributed by atoms with Gasteiger partial charge in [-0.2, -0.15) is 0 Å². The summed E-state index contributed by atoms with van der Waals surface area (Å²) in [5.41, 5.74) is 1.19. The predicted molar refractivity (Wildman–Crippen MR) is 91.4 cm³/mol. The SMILES string of the molecule is O=C(CCC(=O)c1ccccc1)NC(Cc1ccc(O)cc1)C(=O)O. The van der Waals surface area contributed by atoms with Crippen LogP contribution in [0.15, 0.2) is 54.6 Å². The number of carbonyl (C=O) groups is 3. The minimum atomic E-state index is -1.16. The summed E-state index contributed by atoms with van der Waals surface area (Å²) in [7, 11) is 0. The lowest BCUT2D eigenvalue weighted by molar-refractivity contribution is -0.141. The third-order valence-electron chi connectivity index (χ3n) is 3.68. The molecular formula is C19H19NO5. The lowest BCUT2D eigenvalue weighted by Gasteiger charge is -2.14. The van der Waals surface area contributed by atoms with Crippen LogP contribution in [-0.2, 0) is 16.0 Å². The first kappa shape index (κ1) is 18.2. The molecule has 0 fully saturated rings. The highest BCUT2D eigenvalue weighted by Gasteiger charge is 2.21. The first-order valence-electron chi connectivity index (χ1n) is 7.84. The maximum Gasteiger partial charge on any atom is 0.326 e. The zero-order valence-electron chi connectivity index (χ0n) is 13.5. The number of aliphatic carboxylic acids is 1. The van der Waals surface area contributed by atoms with Crippen molar-refractivity contribution in [3.05, 3.63) is 65.7 Å². The molecule has 6 heteroatoms. The third-order valence-corrected chi connectivity index (χ3v) is 3.68. The lowest BCUT2D eigenvalue weighted by atomic mass is 10.0. The highest BCUT2D eigenvalue weighted by molar-refractivity contribution is 5.98. The number of Topliss-reactive ketones (excluding diaryl/α,β-unsaturated/α-hetero) is 1. The topological polar surface area (TPSA) is 104 Å². The molecular weight excluding hydrogens is 322 g/mol. The fourth-order valence-electron chi connectivity index (χ4n) is 2.33. The van der Waals surface area contributed by atoms with Gasteiger partial charge in [0.05, 0.1) is 0 Å². The average molecular weight is 341 g/mol.